The molecule has 1 aromatic heterocycles. The summed E-state index contributed by atoms with van der Waals surface area (Å²) in [4.78, 5) is 16.6. The van der Waals surface area contributed by atoms with Gasteiger partial charge in [-0.15, -0.1) is 12.3 Å². The van der Waals surface area contributed by atoms with E-state index in [1.807, 2.05) is 17.8 Å². The molecule has 7 nitrogen and oxygen atoms in total. The number of imidazole rings is 1. The van der Waals surface area contributed by atoms with Crippen molar-refractivity contribution in [2.75, 3.05) is 6.61 Å². The lowest BCUT2D eigenvalue weighted by atomic mass is 10.00. The topological polar surface area (TPSA) is 80.9 Å². The number of nitrogens with zero attached hydrogens (tertiary/aromatic N) is 4. The third-order valence-electron chi connectivity index (χ3n) is 4.60. The van der Waals surface area contributed by atoms with Crippen LogP contribution in [0.5, 0.6) is 0 Å². The van der Waals surface area contributed by atoms with Crippen molar-refractivity contribution in [2.45, 2.75) is 56.3 Å². The van der Waals surface area contributed by atoms with Crippen LogP contribution in [0.25, 0.3) is 0 Å². The summed E-state index contributed by atoms with van der Waals surface area (Å²) in [6.45, 7) is 0.624. The number of rotatable bonds is 7. The molecule has 2 atom stereocenters. The maximum Gasteiger partial charge on any atom is 0.220 e. The highest BCUT2D eigenvalue weighted by molar-refractivity contribution is 5.76. The second-order valence-corrected chi connectivity index (χ2v) is 6.43. The largest absolute Gasteiger partial charge is 0.370 e. The number of ether oxygens (including phenoxy) is 1. The van der Waals surface area contributed by atoms with Gasteiger partial charge < -0.3 is 14.6 Å². The number of nitrogens with one attached hydrogen (secondary N) is 1. The van der Waals surface area contributed by atoms with Crippen molar-refractivity contribution in [1.29, 1.82) is 0 Å². The Morgan fingerprint density at radius 2 is 2.38 bits per heavy atom. The molecule has 2 aliphatic rings. The summed E-state index contributed by atoms with van der Waals surface area (Å²) in [5.74, 6) is 3.54. The first-order valence-corrected chi connectivity index (χ1v) is 8.37. The predicted molar refractivity (Wildman–Crippen MR) is 88.0 cm³/mol. The van der Waals surface area contributed by atoms with E-state index >= 15 is 0 Å². The number of carbonyl (C=O) groups is 1. The molecule has 2 aliphatic heterocycles. The number of hydrogen-bond acceptors (Lipinski definition) is 5. The predicted octanol–water partition coefficient (Wildman–Crippen LogP) is 2.11. The summed E-state index contributed by atoms with van der Waals surface area (Å²) in [7, 11) is 1.95. The fourth-order valence-corrected chi connectivity index (χ4v) is 3.08. The number of carbonyl (C=O) groups excluding carboxylic acids is 1. The Morgan fingerprint density at radius 1 is 1.54 bits per heavy atom. The van der Waals surface area contributed by atoms with E-state index in [0.29, 0.717) is 25.9 Å². The van der Waals surface area contributed by atoms with Crippen LogP contribution in [0.15, 0.2) is 22.6 Å². The number of amides is 1. The summed E-state index contributed by atoms with van der Waals surface area (Å²) in [5, 5.41) is 11.2. The molecule has 24 heavy (non-hydrogen) atoms. The maximum atomic E-state index is 12.2. The van der Waals surface area contributed by atoms with Gasteiger partial charge in [0.2, 0.25) is 5.91 Å². The summed E-state index contributed by atoms with van der Waals surface area (Å²) in [6.07, 6.45) is 12.9. The van der Waals surface area contributed by atoms with Gasteiger partial charge in [-0.25, -0.2) is 4.98 Å². The molecule has 0 aromatic carbocycles. The second-order valence-electron chi connectivity index (χ2n) is 6.43. The molecule has 2 unspecified atom stereocenters. The molecule has 1 aromatic rings. The number of aromatic nitrogens is 2. The molecule has 1 saturated heterocycles. The molecule has 3 rings (SSSR count). The van der Waals surface area contributed by atoms with Crippen LogP contribution in [-0.2, 0) is 16.6 Å². The lowest BCUT2D eigenvalue weighted by molar-refractivity contribution is -0.123. The molecule has 1 fully saturated rings. The van der Waals surface area contributed by atoms with Crippen LogP contribution in [0, 0.1) is 12.3 Å². The SMILES string of the molecule is C#CCCC1(CCC(=O)NC2CCOC(c3nccn3C)C2)N=N1. The molecule has 128 valence electrons. The van der Waals surface area contributed by atoms with Gasteiger partial charge in [0.05, 0.1) is 0 Å². The molecule has 0 saturated carbocycles. The van der Waals surface area contributed by atoms with Crippen molar-refractivity contribution in [3.05, 3.63) is 18.2 Å². The fraction of sp³-hybridized carbons (Fsp3) is 0.647. The molecule has 0 radical (unpaired) electrons. The first-order valence-electron chi connectivity index (χ1n) is 8.37. The monoisotopic (exact) mass is 329 g/mol. The highest BCUT2D eigenvalue weighted by Gasteiger charge is 2.39. The van der Waals surface area contributed by atoms with Gasteiger partial charge in [0.15, 0.2) is 5.66 Å². The summed E-state index contributed by atoms with van der Waals surface area (Å²) in [6, 6.07) is 0.114. The Labute approximate surface area is 141 Å². The molecule has 1 N–H and O–H groups in total. The summed E-state index contributed by atoms with van der Waals surface area (Å²) < 4.78 is 7.76. The third-order valence-corrected chi connectivity index (χ3v) is 4.60. The van der Waals surface area contributed by atoms with E-state index < -0.39 is 5.66 Å². The Morgan fingerprint density at radius 3 is 3.04 bits per heavy atom. The smallest absolute Gasteiger partial charge is 0.220 e. The van der Waals surface area contributed by atoms with Crippen molar-refractivity contribution >= 4 is 5.91 Å². The van der Waals surface area contributed by atoms with Gasteiger partial charge in [-0.2, -0.15) is 10.2 Å². The van der Waals surface area contributed by atoms with Crippen molar-refractivity contribution in [3.63, 3.8) is 0 Å². The van der Waals surface area contributed by atoms with Crippen molar-refractivity contribution in [3.8, 4) is 12.3 Å². The number of aryl methyl sites for hydroxylation is 1. The molecule has 0 bridgehead atoms. The van der Waals surface area contributed by atoms with Crippen molar-refractivity contribution in [2.24, 2.45) is 17.3 Å². The van der Waals surface area contributed by atoms with Gasteiger partial charge in [-0.3, -0.25) is 4.79 Å². The number of terminal acetylenes is 1. The standard InChI is InChI=1S/C17H23N5O2/c1-3-4-7-17(20-21-17)8-5-15(23)19-13-6-11-24-14(12-13)16-18-9-10-22(16)2/h1,9-10,13-14H,4-8,11-12H2,2H3,(H,19,23). The summed E-state index contributed by atoms with van der Waals surface area (Å²) >= 11 is 0. The second kappa shape index (κ2) is 7.14. The van der Waals surface area contributed by atoms with Gasteiger partial charge in [0, 0.05) is 64.2 Å². The highest BCUT2D eigenvalue weighted by atomic mass is 16.5. The first-order chi connectivity index (χ1) is 11.6. The molecular formula is C17H23N5O2. The van der Waals surface area contributed by atoms with Crippen molar-refractivity contribution < 1.29 is 9.53 Å². The Balaban J connectivity index is 1.45. The lowest BCUT2D eigenvalue weighted by Gasteiger charge is -2.29. The molecular weight excluding hydrogens is 306 g/mol. The van der Waals surface area contributed by atoms with Gasteiger partial charge in [0.1, 0.15) is 11.9 Å². The van der Waals surface area contributed by atoms with Gasteiger partial charge in [-0.05, 0) is 6.42 Å². The highest BCUT2D eigenvalue weighted by Crippen LogP contribution is 2.37. The minimum atomic E-state index is -0.394. The molecule has 0 aliphatic carbocycles. The Kier molecular flexibility index (Phi) is 4.95. The Hall–Kier alpha value is -2.20. The molecule has 1 amide bonds. The third kappa shape index (κ3) is 4.01. The van der Waals surface area contributed by atoms with Crippen LogP contribution in [0.2, 0.25) is 0 Å². The van der Waals surface area contributed by atoms with Crippen molar-refractivity contribution in [1.82, 2.24) is 14.9 Å². The van der Waals surface area contributed by atoms with Crippen LogP contribution >= 0.6 is 0 Å². The molecule has 0 spiro atoms. The zero-order chi connectivity index (χ0) is 17.0. The van der Waals surface area contributed by atoms with E-state index in [1.54, 1.807) is 6.20 Å². The van der Waals surface area contributed by atoms with Crippen LogP contribution in [0.1, 0.15) is 50.5 Å². The molecule has 3 heterocycles. The van der Waals surface area contributed by atoms with E-state index in [9.17, 15) is 4.79 Å². The first kappa shape index (κ1) is 16.7. The van der Waals surface area contributed by atoms with Crippen LogP contribution in [0.3, 0.4) is 0 Å². The normalized spacial score (nSPS) is 24.3. The zero-order valence-electron chi connectivity index (χ0n) is 13.9. The summed E-state index contributed by atoms with van der Waals surface area (Å²) in [5.41, 5.74) is -0.394. The van der Waals surface area contributed by atoms with E-state index in [4.69, 9.17) is 11.2 Å². The minimum Gasteiger partial charge on any atom is -0.370 e. The average Bonchev–Trinajstić information content (AvgIpc) is 3.23. The van der Waals surface area contributed by atoms with Gasteiger partial charge in [0.25, 0.3) is 0 Å². The van der Waals surface area contributed by atoms with Crippen LogP contribution in [-0.4, -0.2) is 33.8 Å². The van der Waals surface area contributed by atoms with Crippen LogP contribution in [0.4, 0.5) is 0 Å². The zero-order valence-corrected chi connectivity index (χ0v) is 13.9. The fourth-order valence-electron chi connectivity index (χ4n) is 3.08. The van der Waals surface area contributed by atoms with E-state index in [-0.39, 0.29) is 18.1 Å². The van der Waals surface area contributed by atoms with Crippen LogP contribution < -0.4 is 5.32 Å². The average molecular weight is 329 g/mol. The van der Waals surface area contributed by atoms with E-state index in [2.05, 4.69) is 26.4 Å². The lowest BCUT2D eigenvalue weighted by Crippen LogP contribution is -2.40. The maximum absolute atomic E-state index is 12.2. The Bertz CT molecular complexity index is 654. The van der Waals surface area contributed by atoms with E-state index in [0.717, 1.165) is 25.1 Å². The van der Waals surface area contributed by atoms with Gasteiger partial charge >= 0.3 is 0 Å². The molecule has 7 heteroatoms. The number of hydrogen-bond donors (Lipinski definition) is 1. The van der Waals surface area contributed by atoms with E-state index in [1.165, 1.54) is 0 Å². The van der Waals surface area contributed by atoms with Gasteiger partial charge in [-0.1, -0.05) is 0 Å². The minimum absolute atomic E-state index is 0.0397. The quantitative estimate of drug-likeness (QED) is 0.778.